The molecule has 0 fully saturated rings. The van der Waals surface area contributed by atoms with Crippen LogP contribution in [0.25, 0.3) is 43.9 Å². The van der Waals surface area contributed by atoms with Gasteiger partial charge in [0.2, 0.25) is 0 Å². The van der Waals surface area contributed by atoms with Crippen molar-refractivity contribution in [3.05, 3.63) is 87.2 Å². The maximum absolute atomic E-state index is 13.0. The number of aromatic nitrogens is 3. The Morgan fingerprint density at radius 1 is 0.931 bits per heavy atom. The van der Waals surface area contributed by atoms with Crippen LogP contribution in [-0.2, 0) is 6.54 Å². The summed E-state index contributed by atoms with van der Waals surface area (Å²) >= 11 is 1.44. The van der Waals surface area contributed by atoms with E-state index < -0.39 is 0 Å². The van der Waals surface area contributed by atoms with E-state index in [9.17, 15) is 4.79 Å². The molecule has 140 valence electrons. The number of hydrogen-bond acceptors (Lipinski definition) is 3. The summed E-state index contributed by atoms with van der Waals surface area (Å²) in [6, 6.07) is 22.7. The molecular weight excluding hydrogens is 378 g/mol. The second-order valence-electron chi connectivity index (χ2n) is 7.17. The predicted octanol–water partition coefficient (Wildman–Crippen LogP) is 4.58. The first kappa shape index (κ1) is 16.5. The Bertz CT molecular complexity index is 1670. The van der Waals surface area contributed by atoms with Gasteiger partial charge in [-0.15, -0.1) is 0 Å². The van der Waals surface area contributed by atoms with Crippen molar-refractivity contribution in [1.82, 2.24) is 14.0 Å². The van der Waals surface area contributed by atoms with Gasteiger partial charge in [-0.3, -0.25) is 4.79 Å². The number of para-hydroxylation sites is 3. The molecule has 0 N–H and O–H groups in total. The molecule has 0 radical (unpaired) electrons. The molecule has 3 heterocycles. The largest absolute Gasteiger partial charge is 0.341 e. The lowest BCUT2D eigenvalue weighted by Gasteiger charge is -2.02. The summed E-state index contributed by atoms with van der Waals surface area (Å²) in [4.78, 5) is 18.4. The number of benzene rings is 3. The molecule has 0 unspecified atom stereocenters. The summed E-state index contributed by atoms with van der Waals surface area (Å²) < 4.78 is 4.75. The minimum Gasteiger partial charge on any atom is -0.341 e. The average Bonchev–Trinajstić information content (AvgIpc) is 3.37. The Balaban J connectivity index is 1.61. The quantitative estimate of drug-likeness (QED) is 0.430. The molecule has 0 aliphatic rings. The maximum atomic E-state index is 13.0. The number of thiazole rings is 1. The first-order chi connectivity index (χ1) is 14.2. The van der Waals surface area contributed by atoms with Crippen molar-refractivity contribution in [3.8, 4) is 0 Å². The highest BCUT2D eigenvalue weighted by molar-refractivity contribution is 7.15. The van der Waals surface area contributed by atoms with Crippen LogP contribution in [0.2, 0.25) is 0 Å². The summed E-state index contributed by atoms with van der Waals surface area (Å²) in [5.41, 5.74) is 5.21. The van der Waals surface area contributed by atoms with E-state index in [-0.39, 0.29) is 5.56 Å². The zero-order chi connectivity index (χ0) is 19.5. The molecule has 0 aliphatic carbocycles. The van der Waals surface area contributed by atoms with Crippen LogP contribution in [-0.4, -0.2) is 14.0 Å². The van der Waals surface area contributed by atoms with E-state index in [1.807, 2.05) is 30.3 Å². The molecule has 0 bridgehead atoms. The van der Waals surface area contributed by atoms with Crippen LogP contribution < -0.4 is 10.1 Å². The van der Waals surface area contributed by atoms with E-state index in [1.54, 1.807) is 4.40 Å². The second-order valence-corrected chi connectivity index (χ2v) is 8.18. The van der Waals surface area contributed by atoms with E-state index in [0.29, 0.717) is 4.53 Å². The van der Waals surface area contributed by atoms with Gasteiger partial charge in [-0.1, -0.05) is 47.7 Å². The number of nitrogens with zero attached hydrogens (tertiary/aromatic N) is 3. The third kappa shape index (κ3) is 2.31. The Labute approximate surface area is 169 Å². The minimum atomic E-state index is -0.00483. The lowest BCUT2D eigenvalue weighted by molar-refractivity contribution is 0.827. The second kappa shape index (κ2) is 6.03. The van der Waals surface area contributed by atoms with Crippen LogP contribution in [0.4, 0.5) is 0 Å². The van der Waals surface area contributed by atoms with Gasteiger partial charge in [0.25, 0.3) is 5.56 Å². The zero-order valence-electron chi connectivity index (χ0n) is 15.8. The molecule has 0 amide bonds. The average molecular weight is 395 g/mol. The highest BCUT2D eigenvalue weighted by Crippen LogP contribution is 2.29. The van der Waals surface area contributed by atoms with Crippen molar-refractivity contribution < 1.29 is 0 Å². The molecule has 3 aromatic carbocycles. The van der Waals surface area contributed by atoms with Gasteiger partial charge >= 0.3 is 0 Å². The van der Waals surface area contributed by atoms with E-state index in [1.165, 1.54) is 33.1 Å². The van der Waals surface area contributed by atoms with E-state index in [4.69, 9.17) is 0 Å². The third-order valence-corrected chi connectivity index (χ3v) is 6.52. The molecule has 0 saturated heterocycles. The maximum Gasteiger partial charge on any atom is 0.274 e. The van der Waals surface area contributed by atoms with E-state index >= 15 is 0 Å². The molecular formula is C24H17N3OS. The summed E-state index contributed by atoms with van der Waals surface area (Å²) in [7, 11) is 0. The van der Waals surface area contributed by atoms with Gasteiger partial charge in [-0.05, 0) is 48.9 Å². The fourth-order valence-corrected chi connectivity index (χ4v) is 5.25. The Hall–Kier alpha value is -3.44. The summed E-state index contributed by atoms with van der Waals surface area (Å²) in [6.45, 7) is 3.09. The van der Waals surface area contributed by atoms with E-state index in [2.05, 4.69) is 58.9 Å². The predicted molar refractivity (Wildman–Crippen MR) is 121 cm³/mol. The van der Waals surface area contributed by atoms with Crippen molar-refractivity contribution in [1.29, 1.82) is 0 Å². The van der Waals surface area contributed by atoms with Crippen LogP contribution in [0, 0.1) is 0 Å². The molecule has 3 aromatic heterocycles. The van der Waals surface area contributed by atoms with Crippen molar-refractivity contribution >= 4 is 55.2 Å². The summed E-state index contributed by atoms with van der Waals surface area (Å²) in [5, 5.41) is 2.46. The van der Waals surface area contributed by atoms with Gasteiger partial charge < -0.3 is 4.57 Å². The number of fused-ring (bicyclic) bond motifs is 6. The summed E-state index contributed by atoms with van der Waals surface area (Å²) in [6.07, 6.45) is 1.98. The molecule has 6 aromatic rings. The Kier molecular flexibility index (Phi) is 3.43. The van der Waals surface area contributed by atoms with Gasteiger partial charge in [-0.2, -0.15) is 0 Å². The number of aryl methyl sites for hydroxylation is 1. The number of hydrogen-bond donors (Lipinski definition) is 0. The van der Waals surface area contributed by atoms with Gasteiger partial charge in [0.1, 0.15) is 0 Å². The first-order valence-corrected chi connectivity index (χ1v) is 10.5. The topological polar surface area (TPSA) is 39.3 Å². The molecule has 0 atom stereocenters. The van der Waals surface area contributed by atoms with Crippen LogP contribution in [0.3, 0.4) is 0 Å². The van der Waals surface area contributed by atoms with Crippen molar-refractivity contribution in [2.24, 2.45) is 0 Å². The fraction of sp³-hybridized carbons (Fsp3) is 0.0833. The number of rotatable bonds is 2. The smallest absolute Gasteiger partial charge is 0.274 e. The van der Waals surface area contributed by atoms with Crippen LogP contribution in [0.5, 0.6) is 0 Å². The molecule has 6 rings (SSSR count). The molecule has 0 aliphatic heterocycles. The van der Waals surface area contributed by atoms with E-state index in [0.717, 1.165) is 28.1 Å². The summed E-state index contributed by atoms with van der Waals surface area (Å²) in [5.74, 6) is 0. The van der Waals surface area contributed by atoms with Crippen LogP contribution >= 0.6 is 11.3 Å². The standard InChI is InChI=1S/C24H17N3OS/c1-2-26-19-9-5-3-7-16(19)17-13-15(11-12-20(17)26)14-22-23(28)27-21-10-6-4-8-18(21)25-24(27)29-22/h3-14H,2H2,1H3. The van der Waals surface area contributed by atoms with Crippen LogP contribution in [0.15, 0.2) is 71.5 Å². The molecule has 5 heteroatoms. The molecule has 0 spiro atoms. The van der Waals surface area contributed by atoms with Crippen molar-refractivity contribution in [2.45, 2.75) is 13.5 Å². The fourth-order valence-electron chi connectivity index (χ4n) is 4.27. The van der Waals surface area contributed by atoms with Crippen molar-refractivity contribution in [2.75, 3.05) is 0 Å². The first-order valence-electron chi connectivity index (χ1n) is 9.67. The highest BCUT2D eigenvalue weighted by Gasteiger charge is 2.12. The lowest BCUT2D eigenvalue weighted by atomic mass is 10.1. The monoisotopic (exact) mass is 395 g/mol. The third-order valence-electron chi connectivity index (χ3n) is 5.56. The lowest BCUT2D eigenvalue weighted by Crippen LogP contribution is -2.22. The minimum absolute atomic E-state index is 0.00483. The van der Waals surface area contributed by atoms with Gasteiger partial charge in [0.15, 0.2) is 4.96 Å². The molecule has 4 nitrogen and oxygen atoms in total. The SMILES string of the molecule is CCn1c2ccccc2c2cc(C=c3sc4nc5ccccc5n4c3=O)ccc21. The Morgan fingerprint density at radius 3 is 2.55 bits per heavy atom. The zero-order valence-corrected chi connectivity index (χ0v) is 16.6. The van der Waals surface area contributed by atoms with Gasteiger partial charge in [-0.25, -0.2) is 9.38 Å². The number of imidazole rings is 1. The normalized spacial score (nSPS) is 12.8. The Morgan fingerprint density at radius 2 is 1.69 bits per heavy atom. The highest BCUT2D eigenvalue weighted by atomic mass is 32.1. The molecule has 0 saturated carbocycles. The van der Waals surface area contributed by atoms with Crippen LogP contribution in [0.1, 0.15) is 12.5 Å². The molecule has 29 heavy (non-hydrogen) atoms. The van der Waals surface area contributed by atoms with Gasteiger partial charge in [0.05, 0.1) is 15.6 Å². The van der Waals surface area contributed by atoms with Crippen molar-refractivity contribution in [3.63, 3.8) is 0 Å². The van der Waals surface area contributed by atoms with Gasteiger partial charge in [0, 0.05) is 28.4 Å².